The predicted octanol–water partition coefficient (Wildman–Crippen LogP) is 2.85. The van der Waals surface area contributed by atoms with E-state index in [0.717, 1.165) is 35.5 Å². The minimum absolute atomic E-state index is 0.0190. The van der Waals surface area contributed by atoms with Crippen LogP contribution in [0.4, 0.5) is 16.2 Å². The fraction of sp³-hybridized carbons (Fsp3) is 0.353. The van der Waals surface area contributed by atoms with Crippen LogP contribution in [0.5, 0.6) is 0 Å². The zero-order chi connectivity index (χ0) is 16.7. The van der Waals surface area contributed by atoms with Gasteiger partial charge in [-0.2, -0.15) is 0 Å². The Kier molecular flexibility index (Phi) is 3.48. The largest absolute Gasteiger partial charge is 0.361 e. The molecule has 2 aliphatic heterocycles. The van der Waals surface area contributed by atoms with Crippen LogP contribution in [0.3, 0.4) is 0 Å². The third-order valence-corrected chi connectivity index (χ3v) is 4.48. The van der Waals surface area contributed by atoms with Gasteiger partial charge in [0.1, 0.15) is 11.5 Å². The molecule has 0 radical (unpaired) electrons. The molecule has 0 spiro atoms. The Balaban J connectivity index is 1.50. The number of hydrogen-bond donors (Lipinski definition) is 2. The third-order valence-electron chi connectivity index (χ3n) is 4.48. The first-order chi connectivity index (χ1) is 11.6. The highest BCUT2D eigenvalue weighted by atomic mass is 16.5. The molecule has 2 N–H and O–H groups in total. The average molecular weight is 326 g/mol. The van der Waals surface area contributed by atoms with E-state index < -0.39 is 0 Å². The lowest BCUT2D eigenvalue weighted by Crippen LogP contribution is -2.34. The molecule has 0 saturated carbocycles. The summed E-state index contributed by atoms with van der Waals surface area (Å²) in [4.78, 5) is 25.9. The summed E-state index contributed by atoms with van der Waals surface area (Å²) in [6.07, 6.45) is 2.16. The Morgan fingerprint density at radius 2 is 2.29 bits per heavy atom. The molecule has 1 atom stereocenters. The number of aromatic nitrogens is 1. The number of carbonyl (C=O) groups is 2. The number of likely N-dealkylation sites (tertiary alicyclic amines) is 1. The van der Waals surface area contributed by atoms with E-state index in [4.69, 9.17) is 4.52 Å². The lowest BCUT2D eigenvalue weighted by Gasteiger charge is -2.23. The highest BCUT2D eigenvalue weighted by Crippen LogP contribution is 2.32. The van der Waals surface area contributed by atoms with E-state index in [0.29, 0.717) is 18.7 Å². The van der Waals surface area contributed by atoms with Crippen molar-refractivity contribution in [1.29, 1.82) is 0 Å². The van der Waals surface area contributed by atoms with Crippen LogP contribution in [0.25, 0.3) is 0 Å². The van der Waals surface area contributed by atoms with Gasteiger partial charge in [-0.25, -0.2) is 4.79 Å². The molecular formula is C17H18N4O3. The molecule has 3 amide bonds. The lowest BCUT2D eigenvalue weighted by atomic mass is 10.1. The van der Waals surface area contributed by atoms with Gasteiger partial charge in [-0.15, -0.1) is 0 Å². The van der Waals surface area contributed by atoms with Gasteiger partial charge in [-0.05, 0) is 43.5 Å². The van der Waals surface area contributed by atoms with Gasteiger partial charge >= 0.3 is 6.03 Å². The smallest absolute Gasteiger partial charge is 0.322 e. The summed E-state index contributed by atoms with van der Waals surface area (Å²) in [5, 5.41) is 9.76. The Bertz CT molecular complexity index is 814. The van der Waals surface area contributed by atoms with Crippen molar-refractivity contribution in [2.75, 3.05) is 17.2 Å². The van der Waals surface area contributed by atoms with E-state index in [1.807, 2.05) is 25.1 Å². The Labute approximate surface area is 139 Å². The van der Waals surface area contributed by atoms with Crippen LogP contribution >= 0.6 is 0 Å². The second-order valence-electron chi connectivity index (χ2n) is 6.24. The van der Waals surface area contributed by atoms with Crippen LogP contribution in [0.15, 0.2) is 28.8 Å². The number of anilines is 2. The summed E-state index contributed by atoms with van der Waals surface area (Å²) in [5.41, 5.74) is 3.21. The maximum Gasteiger partial charge on any atom is 0.322 e. The third kappa shape index (κ3) is 2.62. The molecule has 0 bridgehead atoms. The number of urea groups is 1. The quantitative estimate of drug-likeness (QED) is 0.888. The molecule has 1 aromatic heterocycles. The van der Waals surface area contributed by atoms with Crippen molar-refractivity contribution in [3.63, 3.8) is 0 Å². The number of aryl methyl sites for hydroxylation is 1. The Hall–Kier alpha value is -2.83. The molecule has 0 aliphatic carbocycles. The van der Waals surface area contributed by atoms with Gasteiger partial charge in [-0.1, -0.05) is 5.16 Å². The molecule has 1 fully saturated rings. The van der Waals surface area contributed by atoms with Crippen molar-refractivity contribution in [2.24, 2.45) is 0 Å². The second-order valence-corrected chi connectivity index (χ2v) is 6.24. The number of nitrogens with zero attached hydrogens (tertiary/aromatic N) is 2. The number of amides is 3. The first-order valence-electron chi connectivity index (χ1n) is 8.04. The average Bonchev–Trinajstić information content (AvgIpc) is 3.24. The summed E-state index contributed by atoms with van der Waals surface area (Å²) in [6, 6.07) is 7.13. The minimum atomic E-state index is -0.157. The van der Waals surface area contributed by atoms with E-state index in [9.17, 15) is 9.59 Å². The number of nitrogens with one attached hydrogen (secondary N) is 2. The molecular weight excluding hydrogens is 308 g/mol. The molecule has 3 heterocycles. The second kappa shape index (κ2) is 5.67. The van der Waals surface area contributed by atoms with E-state index >= 15 is 0 Å². The van der Waals surface area contributed by atoms with Crippen LogP contribution in [-0.2, 0) is 11.2 Å². The number of hydrogen-bond acceptors (Lipinski definition) is 4. The highest BCUT2D eigenvalue weighted by Gasteiger charge is 2.32. The summed E-state index contributed by atoms with van der Waals surface area (Å²) in [6.45, 7) is 2.53. The van der Waals surface area contributed by atoms with Gasteiger partial charge < -0.3 is 20.1 Å². The van der Waals surface area contributed by atoms with Gasteiger partial charge in [0, 0.05) is 24.0 Å². The number of fused-ring (bicyclic) bond motifs is 1. The molecule has 1 saturated heterocycles. The van der Waals surface area contributed by atoms with Crippen molar-refractivity contribution in [1.82, 2.24) is 10.1 Å². The molecule has 2 aliphatic rings. The summed E-state index contributed by atoms with van der Waals surface area (Å²) in [7, 11) is 0. The first kappa shape index (κ1) is 14.7. The summed E-state index contributed by atoms with van der Waals surface area (Å²) >= 11 is 0. The first-order valence-corrected chi connectivity index (χ1v) is 8.04. The lowest BCUT2D eigenvalue weighted by molar-refractivity contribution is -0.115. The van der Waals surface area contributed by atoms with Crippen LogP contribution in [-0.4, -0.2) is 28.5 Å². The van der Waals surface area contributed by atoms with Crippen LogP contribution in [0.1, 0.15) is 35.9 Å². The maximum absolute atomic E-state index is 12.6. The summed E-state index contributed by atoms with van der Waals surface area (Å²) < 4.78 is 5.14. The van der Waals surface area contributed by atoms with Crippen molar-refractivity contribution in [3.05, 3.63) is 41.3 Å². The van der Waals surface area contributed by atoms with Gasteiger partial charge in [0.2, 0.25) is 5.91 Å². The molecule has 124 valence electrons. The monoisotopic (exact) mass is 326 g/mol. The standard InChI is InChI=1S/C17H18N4O3/c1-10-7-14(20-24-10)15-3-2-6-21(15)17(23)18-12-4-5-13-11(8-12)9-16(22)19-13/h4-5,7-8,15H,2-3,6,9H2,1H3,(H,18,23)(H,19,22)/t15-/m0/s1. The van der Waals surface area contributed by atoms with Gasteiger partial charge in [0.05, 0.1) is 12.5 Å². The zero-order valence-corrected chi connectivity index (χ0v) is 13.3. The molecule has 0 unspecified atom stereocenters. The van der Waals surface area contributed by atoms with Crippen molar-refractivity contribution < 1.29 is 14.1 Å². The van der Waals surface area contributed by atoms with Crippen molar-refractivity contribution in [2.45, 2.75) is 32.2 Å². The molecule has 7 nitrogen and oxygen atoms in total. The Morgan fingerprint density at radius 1 is 1.42 bits per heavy atom. The topological polar surface area (TPSA) is 87.5 Å². The van der Waals surface area contributed by atoms with Crippen LogP contribution in [0.2, 0.25) is 0 Å². The zero-order valence-electron chi connectivity index (χ0n) is 13.3. The normalized spacial score (nSPS) is 19.3. The molecule has 1 aromatic carbocycles. The molecule has 4 rings (SSSR count). The van der Waals surface area contributed by atoms with E-state index in [1.165, 1.54) is 0 Å². The maximum atomic E-state index is 12.6. The fourth-order valence-electron chi connectivity index (χ4n) is 3.36. The van der Waals surface area contributed by atoms with Crippen molar-refractivity contribution in [3.8, 4) is 0 Å². The van der Waals surface area contributed by atoms with Crippen LogP contribution < -0.4 is 10.6 Å². The van der Waals surface area contributed by atoms with E-state index in [-0.39, 0.29) is 18.0 Å². The van der Waals surface area contributed by atoms with Gasteiger partial charge in [0.15, 0.2) is 0 Å². The van der Waals surface area contributed by atoms with E-state index in [2.05, 4.69) is 15.8 Å². The molecule has 2 aromatic rings. The van der Waals surface area contributed by atoms with Gasteiger partial charge in [0.25, 0.3) is 0 Å². The number of rotatable bonds is 2. The van der Waals surface area contributed by atoms with Crippen LogP contribution in [0, 0.1) is 6.92 Å². The SMILES string of the molecule is Cc1cc([C@@H]2CCCN2C(=O)Nc2ccc3c(c2)CC(=O)N3)no1. The number of carbonyl (C=O) groups excluding carboxylic acids is 2. The molecule has 24 heavy (non-hydrogen) atoms. The predicted molar refractivity (Wildman–Crippen MR) is 87.7 cm³/mol. The van der Waals surface area contributed by atoms with Crippen molar-refractivity contribution >= 4 is 23.3 Å². The summed E-state index contributed by atoms with van der Waals surface area (Å²) in [5.74, 6) is 0.725. The molecule has 7 heteroatoms. The number of benzene rings is 1. The highest BCUT2D eigenvalue weighted by molar-refractivity contribution is 6.00. The Morgan fingerprint density at radius 3 is 3.08 bits per heavy atom. The van der Waals surface area contributed by atoms with Gasteiger partial charge in [-0.3, -0.25) is 4.79 Å². The minimum Gasteiger partial charge on any atom is -0.361 e. The fourth-order valence-corrected chi connectivity index (χ4v) is 3.36. The van der Waals surface area contributed by atoms with E-state index in [1.54, 1.807) is 11.0 Å².